The second-order valence-electron chi connectivity index (χ2n) is 8.62. The van der Waals surface area contributed by atoms with E-state index in [2.05, 4.69) is 5.32 Å². The van der Waals surface area contributed by atoms with Gasteiger partial charge >= 0.3 is 0 Å². The van der Waals surface area contributed by atoms with Crippen LogP contribution in [0, 0.1) is 5.82 Å². The Labute approximate surface area is 188 Å². The molecular weight excluding hydrogens is 431 g/mol. The molecule has 0 spiro atoms. The zero-order chi connectivity index (χ0) is 22.6. The van der Waals surface area contributed by atoms with Crippen LogP contribution >= 0.6 is 0 Å². The number of carbonyl (C=O) groups excluding carboxylic acids is 1. The van der Waals surface area contributed by atoms with Crippen LogP contribution in [0.1, 0.15) is 30.0 Å². The lowest BCUT2D eigenvalue weighted by Crippen LogP contribution is -2.50. The smallest absolute Gasteiger partial charge is 0.241 e. The number of ether oxygens (including phenoxy) is 1. The molecule has 172 valence electrons. The van der Waals surface area contributed by atoms with Gasteiger partial charge in [-0.15, -0.1) is 0 Å². The first-order valence-corrected chi connectivity index (χ1v) is 12.8. The van der Waals surface area contributed by atoms with Crippen molar-refractivity contribution in [1.29, 1.82) is 0 Å². The van der Waals surface area contributed by atoms with Gasteiger partial charge in [0.2, 0.25) is 5.91 Å². The third-order valence-corrected chi connectivity index (χ3v) is 8.22. The summed E-state index contributed by atoms with van der Waals surface area (Å²) in [5.74, 6) is -0.325. The Balaban J connectivity index is 1.55. The van der Waals surface area contributed by atoms with Gasteiger partial charge in [0, 0.05) is 38.3 Å². The molecule has 2 aromatic rings. The van der Waals surface area contributed by atoms with Crippen molar-refractivity contribution in [3.8, 4) is 0 Å². The molecule has 0 radical (unpaired) electrons. The summed E-state index contributed by atoms with van der Waals surface area (Å²) < 4.78 is 42.9. The first-order chi connectivity index (χ1) is 15.4. The zero-order valence-corrected chi connectivity index (χ0v) is 18.8. The van der Waals surface area contributed by atoms with Gasteiger partial charge in [0.15, 0.2) is 9.84 Å². The monoisotopic (exact) mass is 460 g/mol. The molecule has 1 unspecified atom stereocenters. The van der Waals surface area contributed by atoms with E-state index in [0.717, 1.165) is 24.0 Å². The maximum atomic E-state index is 13.5. The number of nitrogens with zero attached hydrogens (tertiary/aromatic N) is 1. The minimum absolute atomic E-state index is 0.0560. The Hall–Kier alpha value is -2.29. The molecule has 2 heterocycles. The van der Waals surface area contributed by atoms with Crippen molar-refractivity contribution in [3.05, 3.63) is 71.5 Å². The average Bonchev–Trinajstić information content (AvgIpc) is 2.81. The van der Waals surface area contributed by atoms with Crippen LogP contribution in [0.4, 0.5) is 4.39 Å². The Morgan fingerprint density at radius 3 is 2.28 bits per heavy atom. The summed E-state index contributed by atoms with van der Waals surface area (Å²) in [4.78, 5) is 15.4. The summed E-state index contributed by atoms with van der Waals surface area (Å²) in [6, 6.07) is 15.4. The molecule has 8 heteroatoms. The van der Waals surface area contributed by atoms with Crippen LogP contribution in [0.5, 0.6) is 0 Å². The van der Waals surface area contributed by atoms with Gasteiger partial charge in [-0.1, -0.05) is 42.5 Å². The highest BCUT2D eigenvalue weighted by Crippen LogP contribution is 2.35. The maximum Gasteiger partial charge on any atom is 0.241 e. The van der Waals surface area contributed by atoms with Gasteiger partial charge in [0.25, 0.3) is 0 Å². The Morgan fingerprint density at radius 2 is 1.66 bits per heavy atom. The minimum Gasteiger partial charge on any atom is -0.381 e. The summed E-state index contributed by atoms with van der Waals surface area (Å²) >= 11 is 0. The lowest BCUT2D eigenvalue weighted by molar-refractivity contribution is -0.127. The van der Waals surface area contributed by atoms with Gasteiger partial charge < -0.3 is 10.1 Å². The molecule has 0 saturated carbocycles. The fourth-order valence-electron chi connectivity index (χ4n) is 4.63. The number of halogens is 1. The fourth-order valence-corrected chi connectivity index (χ4v) is 5.86. The van der Waals surface area contributed by atoms with Gasteiger partial charge in [-0.25, -0.2) is 12.8 Å². The number of hydrogen-bond donors (Lipinski definition) is 1. The Kier molecular flexibility index (Phi) is 6.93. The molecule has 2 aliphatic rings. The maximum absolute atomic E-state index is 13.5. The number of hydrogen-bond acceptors (Lipinski definition) is 5. The molecule has 1 amide bonds. The fraction of sp³-hybridized carbons (Fsp3) is 0.458. The Bertz CT molecular complexity index is 1010. The van der Waals surface area contributed by atoms with E-state index in [0.29, 0.717) is 32.8 Å². The molecule has 0 aliphatic carbocycles. The van der Waals surface area contributed by atoms with Crippen LogP contribution in [0.3, 0.4) is 0 Å². The zero-order valence-electron chi connectivity index (χ0n) is 18.0. The summed E-state index contributed by atoms with van der Waals surface area (Å²) in [6.07, 6.45) is 1.47. The SMILES string of the molecule is O=C(NCC1(c2ccc(F)cc2)CCOCC1)C(c1ccccc1)N1CCS(=O)(=O)CC1. The molecule has 2 aromatic carbocycles. The Morgan fingerprint density at radius 1 is 1.03 bits per heavy atom. The van der Waals surface area contributed by atoms with Gasteiger partial charge in [-0.3, -0.25) is 9.69 Å². The molecule has 0 bridgehead atoms. The van der Waals surface area contributed by atoms with Gasteiger partial charge in [0.1, 0.15) is 11.9 Å². The first kappa shape index (κ1) is 22.9. The first-order valence-electron chi connectivity index (χ1n) is 11.0. The predicted octanol–water partition coefficient (Wildman–Crippen LogP) is 2.46. The molecule has 32 heavy (non-hydrogen) atoms. The summed E-state index contributed by atoms with van der Waals surface area (Å²) in [7, 11) is -3.05. The molecule has 1 atom stereocenters. The van der Waals surface area contributed by atoms with E-state index in [4.69, 9.17) is 4.74 Å². The van der Waals surface area contributed by atoms with Crippen molar-refractivity contribution in [2.24, 2.45) is 0 Å². The topological polar surface area (TPSA) is 75.7 Å². The molecule has 2 aliphatic heterocycles. The van der Waals surface area contributed by atoms with Crippen LogP contribution in [0.2, 0.25) is 0 Å². The van der Waals surface area contributed by atoms with Crippen LogP contribution in [0.15, 0.2) is 54.6 Å². The van der Waals surface area contributed by atoms with Gasteiger partial charge in [0.05, 0.1) is 11.5 Å². The molecule has 2 saturated heterocycles. The highest BCUT2D eigenvalue weighted by atomic mass is 32.2. The molecule has 0 aromatic heterocycles. The number of rotatable bonds is 6. The van der Waals surface area contributed by atoms with E-state index in [1.54, 1.807) is 12.1 Å². The third-order valence-electron chi connectivity index (χ3n) is 6.62. The van der Waals surface area contributed by atoms with Crippen molar-refractivity contribution in [1.82, 2.24) is 10.2 Å². The normalized spacial score (nSPS) is 21.5. The van der Waals surface area contributed by atoms with E-state index >= 15 is 0 Å². The summed E-state index contributed by atoms with van der Waals surface area (Å²) in [5.41, 5.74) is 1.50. The quantitative estimate of drug-likeness (QED) is 0.717. The van der Waals surface area contributed by atoms with Gasteiger partial charge in [-0.2, -0.15) is 0 Å². The molecule has 6 nitrogen and oxygen atoms in total. The lowest BCUT2D eigenvalue weighted by atomic mass is 9.74. The van der Waals surface area contributed by atoms with E-state index in [1.165, 1.54) is 12.1 Å². The van der Waals surface area contributed by atoms with E-state index < -0.39 is 15.9 Å². The summed E-state index contributed by atoms with van der Waals surface area (Å²) in [5, 5.41) is 3.14. The van der Waals surface area contributed by atoms with Crippen LogP contribution < -0.4 is 5.32 Å². The summed E-state index contributed by atoms with van der Waals surface area (Å²) in [6.45, 7) is 2.23. The number of amides is 1. The molecular formula is C24H29FN2O4S. The third kappa shape index (κ3) is 5.19. The highest BCUT2D eigenvalue weighted by molar-refractivity contribution is 7.91. The van der Waals surface area contributed by atoms with Gasteiger partial charge in [-0.05, 0) is 36.1 Å². The van der Waals surface area contributed by atoms with E-state index in [-0.39, 0.29) is 28.6 Å². The van der Waals surface area contributed by atoms with Crippen molar-refractivity contribution < 1.29 is 22.3 Å². The molecule has 2 fully saturated rings. The lowest BCUT2D eigenvalue weighted by Gasteiger charge is -2.39. The van der Waals surface area contributed by atoms with E-state index in [9.17, 15) is 17.6 Å². The number of nitrogens with one attached hydrogen (secondary N) is 1. The standard InChI is InChI=1S/C24H29FN2O4S/c25-21-8-6-20(7-9-21)24(10-14-31-15-11-24)18-26-23(28)22(19-4-2-1-3-5-19)27-12-16-32(29,30)17-13-27/h1-9,22H,10-18H2,(H,26,28). The van der Waals surface area contributed by atoms with Crippen molar-refractivity contribution >= 4 is 15.7 Å². The van der Waals surface area contributed by atoms with Crippen molar-refractivity contribution in [2.45, 2.75) is 24.3 Å². The predicted molar refractivity (Wildman–Crippen MR) is 121 cm³/mol. The molecule has 4 rings (SSSR count). The van der Waals surface area contributed by atoms with Crippen molar-refractivity contribution in [2.75, 3.05) is 44.4 Å². The highest BCUT2D eigenvalue weighted by Gasteiger charge is 2.37. The minimum atomic E-state index is -3.05. The van der Waals surface area contributed by atoms with Crippen LogP contribution in [0.25, 0.3) is 0 Å². The molecule has 1 N–H and O–H groups in total. The number of benzene rings is 2. The van der Waals surface area contributed by atoms with Crippen LogP contribution in [-0.4, -0.2) is 63.6 Å². The number of carbonyl (C=O) groups is 1. The van der Waals surface area contributed by atoms with Crippen LogP contribution in [-0.2, 0) is 24.8 Å². The largest absolute Gasteiger partial charge is 0.381 e. The second-order valence-corrected chi connectivity index (χ2v) is 10.9. The number of sulfone groups is 1. The van der Waals surface area contributed by atoms with Crippen molar-refractivity contribution in [3.63, 3.8) is 0 Å². The average molecular weight is 461 g/mol. The van der Waals surface area contributed by atoms with E-state index in [1.807, 2.05) is 35.2 Å². The second kappa shape index (κ2) is 9.68.